The number of nitrogens with zero attached hydrogens (tertiary/aromatic N) is 1. The van der Waals surface area contributed by atoms with Gasteiger partial charge in [-0.25, -0.2) is 0 Å². The molecule has 0 spiro atoms. The predicted octanol–water partition coefficient (Wildman–Crippen LogP) is 4.43. The van der Waals surface area contributed by atoms with Crippen LogP contribution in [0.5, 0.6) is 0 Å². The van der Waals surface area contributed by atoms with Gasteiger partial charge in [0.25, 0.3) is 0 Å². The molecule has 3 unspecified atom stereocenters. The van der Waals surface area contributed by atoms with Crippen LogP contribution in [0.3, 0.4) is 0 Å². The molecular weight excluding hydrogens is 421 g/mol. The molecule has 1 amide bonds. The van der Waals surface area contributed by atoms with E-state index in [2.05, 4.69) is 19.2 Å². The second kappa shape index (κ2) is 11.0. The highest BCUT2D eigenvalue weighted by Crippen LogP contribution is 2.36. The standard InChI is InChI=1S/C21H27F3N2O3.C3H8/c22-21(23,24)15-2-4-18-14(9-15)11-26(12-19(18)27)20(28)13-1-3-17(10-13)25-16-5-7-29-8-6-16;1-3-2/h2,4,9,13,16-17,19,25,27H,1,3,5-8,10-12H2;3H2,1-2H3. The van der Waals surface area contributed by atoms with E-state index >= 15 is 0 Å². The molecule has 4 rings (SSSR count). The number of carbonyl (C=O) groups is 1. The smallest absolute Gasteiger partial charge is 0.387 e. The van der Waals surface area contributed by atoms with Gasteiger partial charge in [-0.3, -0.25) is 4.79 Å². The summed E-state index contributed by atoms with van der Waals surface area (Å²) in [6.45, 7) is 6.02. The Balaban J connectivity index is 0.000000913. The molecule has 5 nitrogen and oxygen atoms in total. The number of fused-ring (bicyclic) bond motifs is 1. The number of aliphatic hydroxyl groups is 1. The summed E-state index contributed by atoms with van der Waals surface area (Å²) in [4.78, 5) is 14.5. The van der Waals surface area contributed by atoms with Crippen LogP contribution in [0.25, 0.3) is 0 Å². The summed E-state index contributed by atoms with van der Waals surface area (Å²) in [5.74, 6) is -0.213. The highest BCUT2D eigenvalue weighted by molar-refractivity contribution is 5.79. The maximum atomic E-state index is 13.0. The third kappa shape index (κ3) is 6.23. The molecule has 2 N–H and O–H groups in total. The quantitative estimate of drug-likeness (QED) is 0.706. The molecular formula is C24H35F3N2O3. The molecule has 0 radical (unpaired) electrons. The van der Waals surface area contributed by atoms with E-state index in [1.807, 2.05) is 0 Å². The molecule has 32 heavy (non-hydrogen) atoms. The van der Waals surface area contributed by atoms with Gasteiger partial charge in [-0.15, -0.1) is 0 Å². The van der Waals surface area contributed by atoms with Gasteiger partial charge in [0.1, 0.15) is 0 Å². The van der Waals surface area contributed by atoms with Crippen LogP contribution in [0.4, 0.5) is 13.2 Å². The number of benzene rings is 1. The molecule has 1 saturated heterocycles. The monoisotopic (exact) mass is 456 g/mol. The van der Waals surface area contributed by atoms with E-state index in [-0.39, 0.29) is 31.0 Å². The van der Waals surface area contributed by atoms with Gasteiger partial charge < -0.3 is 20.1 Å². The Hall–Kier alpha value is -1.64. The second-order valence-electron chi connectivity index (χ2n) is 9.11. The molecule has 1 aliphatic carbocycles. The zero-order valence-electron chi connectivity index (χ0n) is 19.0. The molecule has 1 aromatic rings. The van der Waals surface area contributed by atoms with E-state index in [1.165, 1.54) is 17.4 Å². The van der Waals surface area contributed by atoms with Gasteiger partial charge in [-0.2, -0.15) is 13.2 Å². The Morgan fingerprint density at radius 2 is 1.84 bits per heavy atom. The van der Waals surface area contributed by atoms with Crippen LogP contribution in [0.15, 0.2) is 18.2 Å². The summed E-state index contributed by atoms with van der Waals surface area (Å²) in [7, 11) is 0. The molecule has 3 aliphatic rings. The SMILES string of the molecule is CCC.O=C(C1CCC(NC2CCOCC2)C1)N1Cc2cc(C(F)(F)F)ccc2C(O)C1. The highest BCUT2D eigenvalue weighted by Gasteiger charge is 2.37. The third-order valence-corrected chi connectivity index (χ3v) is 6.37. The fraction of sp³-hybridized carbons (Fsp3) is 0.708. The van der Waals surface area contributed by atoms with Gasteiger partial charge in [0, 0.05) is 37.8 Å². The first-order chi connectivity index (χ1) is 15.2. The summed E-state index contributed by atoms with van der Waals surface area (Å²) in [6.07, 6.45) is 0.222. The number of hydrogen-bond acceptors (Lipinski definition) is 4. The number of rotatable bonds is 3. The molecule has 180 valence electrons. The normalized spacial score (nSPS) is 26.3. The summed E-state index contributed by atoms with van der Waals surface area (Å²) >= 11 is 0. The summed E-state index contributed by atoms with van der Waals surface area (Å²) in [5, 5.41) is 14.0. The molecule has 1 saturated carbocycles. The minimum atomic E-state index is -4.44. The third-order valence-electron chi connectivity index (χ3n) is 6.37. The van der Waals surface area contributed by atoms with Crippen molar-refractivity contribution in [1.82, 2.24) is 10.2 Å². The molecule has 2 aliphatic heterocycles. The summed E-state index contributed by atoms with van der Waals surface area (Å²) < 4.78 is 44.5. The Morgan fingerprint density at radius 1 is 1.16 bits per heavy atom. The first-order valence-electron chi connectivity index (χ1n) is 11.7. The van der Waals surface area contributed by atoms with Crippen molar-refractivity contribution >= 4 is 5.91 Å². The van der Waals surface area contributed by atoms with Crippen molar-refractivity contribution in [2.45, 2.75) is 83.3 Å². The van der Waals surface area contributed by atoms with Crippen LogP contribution in [-0.2, 0) is 22.3 Å². The van der Waals surface area contributed by atoms with Crippen molar-refractivity contribution < 1.29 is 27.8 Å². The van der Waals surface area contributed by atoms with E-state index in [0.29, 0.717) is 17.2 Å². The van der Waals surface area contributed by atoms with Gasteiger partial charge in [0.15, 0.2) is 0 Å². The van der Waals surface area contributed by atoms with Crippen molar-refractivity contribution in [3.8, 4) is 0 Å². The lowest BCUT2D eigenvalue weighted by Crippen LogP contribution is -2.43. The van der Waals surface area contributed by atoms with Gasteiger partial charge in [-0.1, -0.05) is 26.3 Å². The highest BCUT2D eigenvalue weighted by atomic mass is 19.4. The number of β-amino-alcohol motifs (C(OH)–C–C–N with tert-alkyl or cyclic N) is 1. The average Bonchev–Trinajstić information content (AvgIpc) is 3.22. The van der Waals surface area contributed by atoms with E-state index in [1.54, 1.807) is 0 Å². The van der Waals surface area contributed by atoms with E-state index in [4.69, 9.17) is 4.74 Å². The largest absolute Gasteiger partial charge is 0.416 e. The molecule has 2 fully saturated rings. The molecule has 1 aromatic carbocycles. The Bertz CT molecular complexity index is 765. The van der Waals surface area contributed by atoms with Gasteiger partial charge in [0.2, 0.25) is 5.91 Å². The first kappa shape index (κ1) is 25.0. The lowest BCUT2D eigenvalue weighted by molar-refractivity contribution is -0.138. The topological polar surface area (TPSA) is 61.8 Å². The maximum Gasteiger partial charge on any atom is 0.416 e. The number of hydrogen-bond donors (Lipinski definition) is 2. The van der Waals surface area contributed by atoms with E-state index in [9.17, 15) is 23.1 Å². The number of aliphatic hydroxyl groups excluding tert-OH is 1. The summed E-state index contributed by atoms with van der Waals surface area (Å²) in [6, 6.07) is 4.08. The predicted molar refractivity (Wildman–Crippen MR) is 116 cm³/mol. The molecule has 2 heterocycles. The van der Waals surface area contributed by atoms with Gasteiger partial charge in [0.05, 0.1) is 18.2 Å². The van der Waals surface area contributed by atoms with Crippen LogP contribution in [0, 0.1) is 5.92 Å². The van der Waals surface area contributed by atoms with E-state index in [0.717, 1.165) is 57.5 Å². The van der Waals surface area contributed by atoms with Crippen molar-refractivity contribution in [3.05, 3.63) is 34.9 Å². The first-order valence-corrected chi connectivity index (χ1v) is 11.7. The number of alkyl halides is 3. The maximum absolute atomic E-state index is 13.0. The molecule has 0 bridgehead atoms. The Labute approximate surface area is 188 Å². The molecule has 0 aromatic heterocycles. The Kier molecular flexibility index (Phi) is 8.58. The fourth-order valence-electron chi connectivity index (χ4n) is 4.80. The lowest BCUT2D eigenvalue weighted by Gasteiger charge is -2.34. The number of nitrogens with one attached hydrogen (secondary N) is 1. The van der Waals surface area contributed by atoms with Crippen LogP contribution in [0.2, 0.25) is 0 Å². The minimum absolute atomic E-state index is 0.0663. The van der Waals surface area contributed by atoms with E-state index < -0.39 is 17.8 Å². The van der Waals surface area contributed by atoms with Crippen molar-refractivity contribution in [2.24, 2.45) is 5.92 Å². The second-order valence-corrected chi connectivity index (χ2v) is 9.11. The average molecular weight is 457 g/mol. The van der Waals surface area contributed by atoms with Crippen LogP contribution >= 0.6 is 0 Å². The zero-order valence-corrected chi connectivity index (χ0v) is 19.0. The summed E-state index contributed by atoms with van der Waals surface area (Å²) in [5.41, 5.74) is 0.105. The van der Waals surface area contributed by atoms with Crippen LogP contribution in [0.1, 0.15) is 75.2 Å². The van der Waals surface area contributed by atoms with Crippen LogP contribution < -0.4 is 5.32 Å². The molecule has 8 heteroatoms. The molecule has 3 atom stereocenters. The van der Waals surface area contributed by atoms with Crippen LogP contribution in [-0.4, -0.2) is 47.8 Å². The van der Waals surface area contributed by atoms with Crippen molar-refractivity contribution in [3.63, 3.8) is 0 Å². The Morgan fingerprint density at radius 3 is 2.50 bits per heavy atom. The zero-order chi connectivity index (χ0) is 23.3. The number of halogens is 3. The van der Waals surface area contributed by atoms with Crippen molar-refractivity contribution in [2.75, 3.05) is 19.8 Å². The minimum Gasteiger partial charge on any atom is -0.387 e. The lowest BCUT2D eigenvalue weighted by atomic mass is 9.94. The van der Waals surface area contributed by atoms with Gasteiger partial charge >= 0.3 is 6.18 Å². The van der Waals surface area contributed by atoms with Crippen molar-refractivity contribution in [1.29, 1.82) is 0 Å². The number of ether oxygens (including phenoxy) is 1. The number of amides is 1. The number of carbonyl (C=O) groups excluding carboxylic acids is 1. The van der Waals surface area contributed by atoms with Gasteiger partial charge in [-0.05, 0) is 55.4 Å². The fourth-order valence-corrected chi connectivity index (χ4v) is 4.80.